The fraction of sp³-hybridized carbons (Fsp3) is 0.154. The van der Waals surface area contributed by atoms with Gasteiger partial charge in [0, 0.05) is 17.1 Å². The van der Waals surface area contributed by atoms with Crippen molar-refractivity contribution < 1.29 is 4.74 Å². The number of rotatable bonds is 0. The van der Waals surface area contributed by atoms with E-state index >= 15 is 0 Å². The lowest BCUT2D eigenvalue weighted by molar-refractivity contribution is 0.367. The van der Waals surface area contributed by atoms with Crippen LogP contribution in [0.2, 0.25) is 10.0 Å². The quantitative estimate of drug-likeness (QED) is 0.671. The zero-order valence-corrected chi connectivity index (χ0v) is 10.4. The van der Waals surface area contributed by atoms with Crippen molar-refractivity contribution in [2.45, 2.75) is 6.42 Å². The Balaban J connectivity index is 2.32. The van der Waals surface area contributed by atoms with E-state index in [1.165, 1.54) is 0 Å². The number of benzene rings is 1. The smallest absolute Gasteiger partial charge is 0.134 e. The summed E-state index contributed by atoms with van der Waals surface area (Å²) < 4.78 is 5.73. The van der Waals surface area contributed by atoms with Crippen molar-refractivity contribution in [1.29, 1.82) is 0 Å². The van der Waals surface area contributed by atoms with Crippen LogP contribution >= 0.6 is 23.2 Å². The van der Waals surface area contributed by atoms with Crippen molar-refractivity contribution in [3.8, 4) is 5.75 Å². The molecule has 1 aliphatic rings. The molecule has 0 atom stereocenters. The van der Waals surface area contributed by atoms with E-state index in [2.05, 4.69) is 11.1 Å². The van der Waals surface area contributed by atoms with Gasteiger partial charge in [0.15, 0.2) is 0 Å². The van der Waals surface area contributed by atoms with Gasteiger partial charge in [-0.15, -0.1) is 0 Å². The van der Waals surface area contributed by atoms with Crippen LogP contribution in [0.25, 0.3) is 10.9 Å². The van der Waals surface area contributed by atoms with E-state index in [0.29, 0.717) is 22.2 Å². The maximum atomic E-state index is 6.14. The first-order valence-electron chi connectivity index (χ1n) is 5.31. The van der Waals surface area contributed by atoms with Gasteiger partial charge in [0.2, 0.25) is 0 Å². The normalized spacial score (nSPS) is 14.2. The van der Waals surface area contributed by atoms with Crippen LogP contribution in [0.4, 0.5) is 0 Å². The average Bonchev–Trinajstić information content (AvgIpc) is 2.58. The third kappa shape index (κ3) is 1.78. The molecule has 0 spiro atoms. The Hall–Kier alpha value is -1.25. The van der Waals surface area contributed by atoms with Gasteiger partial charge in [0.05, 0.1) is 15.6 Å². The maximum Gasteiger partial charge on any atom is 0.134 e. The van der Waals surface area contributed by atoms with E-state index in [0.717, 1.165) is 23.1 Å². The van der Waals surface area contributed by atoms with E-state index in [-0.39, 0.29) is 0 Å². The molecule has 0 amide bonds. The highest BCUT2D eigenvalue weighted by atomic mass is 35.5. The summed E-state index contributed by atoms with van der Waals surface area (Å²) in [6.45, 7) is 0.576. The van der Waals surface area contributed by atoms with Crippen molar-refractivity contribution in [2.24, 2.45) is 0 Å². The molecule has 0 fully saturated rings. The second-order valence-corrected chi connectivity index (χ2v) is 4.64. The Labute approximate surface area is 109 Å². The Morgan fingerprint density at radius 2 is 2.06 bits per heavy atom. The van der Waals surface area contributed by atoms with Crippen molar-refractivity contribution in [3.05, 3.63) is 46.1 Å². The number of hydrogen-bond acceptors (Lipinski definition) is 2. The van der Waals surface area contributed by atoms with Gasteiger partial charge in [0.25, 0.3) is 0 Å². The lowest BCUT2D eigenvalue weighted by Gasteiger charge is -2.11. The summed E-state index contributed by atoms with van der Waals surface area (Å²) in [6.07, 6.45) is 6.72. The summed E-state index contributed by atoms with van der Waals surface area (Å²) in [5, 5.41) is 1.91. The number of nitrogens with zero attached hydrogens (tertiary/aromatic N) is 1. The predicted octanol–water partition coefficient (Wildman–Crippen LogP) is 4.03. The second-order valence-electron chi connectivity index (χ2n) is 3.86. The van der Waals surface area contributed by atoms with Gasteiger partial charge in [-0.3, -0.25) is 4.98 Å². The Bertz CT molecular complexity index is 622. The molecule has 17 heavy (non-hydrogen) atoms. The first kappa shape index (κ1) is 10.9. The Kier molecular flexibility index (Phi) is 2.69. The molecule has 0 N–H and O–H groups in total. The van der Waals surface area contributed by atoms with Gasteiger partial charge in [-0.2, -0.15) is 0 Å². The molecular weight excluding hydrogens is 257 g/mol. The monoisotopic (exact) mass is 265 g/mol. The molecule has 3 rings (SSSR count). The van der Waals surface area contributed by atoms with E-state index in [1.807, 2.05) is 12.1 Å². The van der Waals surface area contributed by atoms with Crippen LogP contribution in [0, 0.1) is 0 Å². The number of pyridine rings is 1. The van der Waals surface area contributed by atoms with Gasteiger partial charge < -0.3 is 4.74 Å². The van der Waals surface area contributed by atoms with Crippen LogP contribution < -0.4 is 4.74 Å². The number of ether oxygens (including phenoxy) is 1. The molecule has 0 radical (unpaired) electrons. The zero-order valence-electron chi connectivity index (χ0n) is 8.91. The van der Waals surface area contributed by atoms with E-state index in [4.69, 9.17) is 27.9 Å². The van der Waals surface area contributed by atoms with Crippen molar-refractivity contribution in [3.63, 3.8) is 0 Å². The highest BCUT2D eigenvalue weighted by Gasteiger charge is 2.14. The zero-order chi connectivity index (χ0) is 11.8. The number of hydrogen-bond donors (Lipinski definition) is 0. The first-order valence-corrected chi connectivity index (χ1v) is 6.06. The second kappa shape index (κ2) is 4.21. The van der Waals surface area contributed by atoms with E-state index in [9.17, 15) is 0 Å². The molecule has 0 unspecified atom stereocenters. The molecule has 86 valence electrons. The summed E-state index contributed by atoms with van der Waals surface area (Å²) in [4.78, 5) is 4.37. The molecule has 1 aromatic heterocycles. The molecule has 2 aromatic rings. The third-order valence-corrected chi connectivity index (χ3v) is 3.58. The third-order valence-electron chi connectivity index (χ3n) is 2.78. The molecule has 0 aliphatic carbocycles. The highest BCUT2D eigenvalue weighted by Crippen LogP contribution is 2.36. The summed E-state index contributed by atoms with van der Waals surface area (Å²) >= 11 is 12.1. The minimum absolute atomic E-state index is 0.479. The molecular formula is C13H9Cl2NO. The summed E-state index contributed by atoms with van der Waals surface area (Å²) in [7, 11) is 0. The minimum Gasteiger partial charge on any atom is -0.488 e. The van der Waals surface area contributed by atoms with Gasteiger partial charge >= 0.3 is 0 Å². The van der Waals surface area contributed by atoms with Crippen molar-refractivity contribution in [1.82, 2.24) is 4.98 Å². The summed E-state index contributed by atoms with van der Waals surface area (Å²) in [5.74, 6) is 0.860. The van der Waals surface area contributed by atoms with Crippen LogP contribution in [0.3, 0.4) is 0 Å². The van der Waals surface area contributed by atoms with Gasteiger partial charge in [0.1, 0.15) is 12.4 Å². The summed E-state index contributed by atoms with van der Waals surface area (Å²) in [5.41, 5.74) is 1.77. The van der Waals surface area contributed by atoms with E-state index in [1.54, 1.807) is 12.3 Å². The largest absolute Gasteiger partial charge is 0.488 e. The maximum absolute atomic E-state index is 6.14. The number of halogens is 2. The minimum atomic E-state index is 0.479. The van der Waals surface area contributed by atoms with E-state index < -0.39 is 0 Å². The molecule has 2 nitrogen and oxygen atoms in total. The molecule has 1 aliphatic heterocycles. The van der Waals surface area contributed by atoms with Gasteiger partial charge in [-0.1, -0.05) is 35.4 Å². The number of allylic oxidation sites excluding steroid dienone is 1. The van der Waals surface area contributed by atoms with Crippen LogP contribution in [0.1, 0.15) is 5.56 Å². The number of aromatic nitrogens is 1. The first-order chi connectivity index (χ1) is 8.27. The van der Waals surface area contributed by atoms with Crippen molar-refractivity contribution >= 4 is 34.1 Å². The van der Waals surface area contributed by atoms with Crippen molar-refractivity contribution in [2.75, 3.05) is 6.61 Å². The topological polar surface area (TPSA) is 22.1 Å². The Morgan fingerprint density at radius 3 is 2.94 bits per heavy atom. The van der Waals surface area contributed by atoms with Crippen LogP contribution in [-0.2, 0) is 6.42 Å². The van der Waals surface area contributed by atoms with Crippen LogP contribution in [0.15, 0.2) is 30.5 Å². The van der Waals surface area contributed by atoms with Gasteiger partial charge in [-0.25, -0.2) is 0 Å². The predicted molar refractivity (Wildman–Crippen MR) is 70.1 cm³/mol. The van der Waals surface area contributed by atoms with Crippen LogP contribution in [0.5, 0.6) is 5.75 Å². The molecule has 0 saturated carbocycles. The highest BCUT2D eigenvalue weighted by molar-refractivity contribution is 6.45. The average molecular weight is 266 g/mol. The molecule has 2 heterocycles. The fourth-order valence-corrected chi connectivity index (χ4v) is 2.32. The lowest BCUT2D eigenvalue weighted by Crippen LogP contribution is -1.97. The van der Waals surface area contributed by atoms with Crippen LogP contribution in [-0.4, -0.2) is 11.6 Å². The molecule has 1 aromatic carbocycles. The van der Waals surface area contributed by atoms with Gasteiger partial charge in [-0.05, 0) is 18.6 Å². The SMILES string of the molecule is Clc1ccc2c3c(cnc2c1Cl)CC=CCO3. The molecule has 0 bridgehead atoms. The fourth-order valence-electron chi connectivity index (χ4n) is 1.95. The number of fused-ring (bicyclic) bond motifs is 3. The standard InChI is InChI=1S/C13H9Cl2NO/c14-10-5-4-9-12(11(10)15)16-7-8-3-1-2-6-17-13(8)9/h1-2,4-5,7H,3,6H2. The summed E-state index contributed by atoms with van der Waals surface area (Å²) in [6, 6.07) is 3.68. The lowest BCUT2D eigenvalue weighted by atomic mass is 10.1. The Morgan fingerprint density at radius 1 is 1.18 bits per heavy atom. The molecule has 4 heteroatoms. The molecule has 0 saturated heterocycles.